The lowest BCUT2D eigenvalue weighted by atomic mass is 10.2. The Morgan fingerprint density at radius 1 is 1.29 bits per heavy atom. The number of rotatable bonds is 8. The second-order valence-corrected chi connectivity index (χ2v) is 5.25. The zero-order valence-corrected chi connectivity index (χ0v) is 13.6. The largest absolute Gasteiger partial charge is 0.452 e. The van der Waals surface area contributed by atoms with Gasteiger partial charge in [0.1, 0.15) is 0 Å². The second-order valence-electron chi connectivity index (χ2n) is 5.25. The Labute approximate surface area is 141 Å². The van der Waals surface area contributed by atoms with Crippen LogP contribution in [0.5, 0.6) is 0 Å². The SMILES string of the molecule is CCCNC(=O)COC(=O)/C=C/c1cnn(Cc2ccccc2)c1. The van der Waals surface area contributed by atoms with Gasteiger partial charge in [0, 0.05) is 24.4 Å². The molecule has 6 heteroatoms. The minimum atomic E-state index is -0.558. The Bertz CT molecular complexity index is 693. The highest BCUT2D eigenvalue weighted by Crippen LogP contribution is 2.05. The average Bonchev–Trinajstić information content (AvgIpc) is 3.04. The van der Waals surface area contributed by atoms with Crippen molar-refractivity contribution >= 4 is 18.0 Å². The van der Waals surface area contributed by atoms with Crippen molar-refractivity contribution < 1.29 is 14.3 Å². The molecule has 1 aromatic carbocycles. The average molecular weight is 327 g/mol. The van der Waals surface area contributed by atoms with Crippen molar-refractivity contribution in [2.24, 2.45) is 0 Å². The maximum atomic E-state index is 11.6. The van der Waals surface area contributed by atoms with Gasteiger partial charge in [0.25, 0.3) is 5.91 Å². The molecule has 1 N–H and O–H groups in total. The molecule has 0 aliphatic rings. The van der Waals surface area contributed by atoms with Gasteiger partial charge >= 0.3 is 5.97 Å². The molecule has 1 aromatic heterocycles. The third kappa shape index (κ3) is 6.08. The molecule has 0 aliphatic carbocycles. The Morgan fingerprint density at radius 2 is 2.08 bits per heavy atom. The van der Waals surface area contributed by atoms with Gasteiger partial charge in [-0.2, -0.15) is 5.10 Å². The molecule has 1 heterocycles. The molecule has 0 saturated heterocycles. The summed E-state index contributed by atoms with van der Waals surface area (Å²) in [5.74, 6) is -0.855. The number of hydrogen-bond acceptors (Lipinski definition) is 4. The fourth-order valence-corrected chi connectivity index (χ4v) is 1.99. The Balaban J connectivity index is 1.79. The first-order valence-electron chi connectivity index (χ1n) is 7.85. The molecule has 6 nitrogen and oxygen atoms in total. The number of ether oxygens (including phenoxy) is 1. The lowest BCUT2D eigenvalue weighted by Gasteiger charge is -2.03. The minimum absolute atomic E-state index is 0.267. The van der Waals surface area contributed by atoms with Gasteiger partial charge in [-0.15, -0.1) is 0 Å². The van der Waals surface area contributed by atoms with Crippen LogP contribution in [0.2, 0.25) is 0 Å². The fraction of sp³-hybridized carbons (Fsp3) is 0.278. The Hall–Kier alpha value is -2.89. The number of hydrogen-bond donors (Lipinski definition) is 1. The molecule has 0 radical (unpaired) electrons. The van der Waals surface area contributed by atoms with Crippen molar-refractivity contribution in [3.8, 4) is 0 Å². The third-order valence-electron chi connectivity index (χ3n) is 3.17. The molecule has 2 rings (SSSR count). The number of nitrogens with one attached hydrogen (secondary N) is 1. The van der Waals surface area contributed by atoms with Crippen LogP contribution < -0.4 is 5.32 Å². The van der Waals surface area contributed by atoms with E-state index >= 15 is 0 Å². The van der Waals surface area contributed by atoms with Crippen LogP contribution in [0.25, 0.3) is 6.08 Å². The first-order chi connectivity index (χ1) is 11.7. The van der Waals surface area contributed by atoms with E-state index in [0.717, 1.165) is 17.5 Å². The summed E-state index contributed by atoms with van der Waals surface area (Å²) in [5, 5.41) is 6.88. The lowest BCUT2D eigenvalue weighted by molar-refractivity contribution is -0.143. The maximum absolute atomic E-state index is 11.6. The number of amides is 1. The van der Waals surface area contributed by atoms with E-state index in [1.165, 1.54) is 6.08 Å². The van der Waals surface area contributed by atoms with Crippen LogP contribution in [0.4, 0.5) is 0 Å². The number of carbonyl (C=O) groups is 2. The van der Waals surface area contributed by atoms with Gasteiger partial charge in [-0.25, -0.2) is 4.79 Å². The van der Waals surface area contributed by atoms with E-state index in [9.17, 15) is 9.59 Å². The monoisotopic (exact) mass is 327 g/mol. The summed E-state index contributed by atoms with van der Waals surface area (Å²) in [4.78, 5) is 22.9. The number of benzene rings is 1. The van der Waals surface area contributed by atoms with Crippen LogP contribution in [0.15, 0.2) is 48.8 Å². The van der Waals surface area contributed by atoms with E-state index in [1.807, 2.05) is 43.5 Å². The van der Waals surface area contributed by atoms with Crippen molar-refractivity contribution in [3.05, 3.63) is 59.9 Å². The van der Waals surface area contributed by atoms with Crippen LogP contribution in [0.1, 0.15) is 24.5 Å². The number of carbonyl (C=O) groups excluding carboxylic acids is 2. The highest BCUT2D eigenvalue weighted by atomic mass is 16.5. The fourth-order valence-electron chi connectivity index (χ4n) is 1.99. The highest BCUT2D eigenvalue weighted by molar-refractivity contribution is 5.89. The smallest absolute Gasteiger partial charge is 0.331 e. The van der Waals surface area contributed by atoms with Crippen LogP contribution in [0.3, 0.4) is 0 Å². The maximum Gasteiger partial charge on any atom is 0.331 e. The van der Waals surface area contributed by atoms with Gasteiger partial charge in [0.05, 0.1) is 12.7 Å². The van der Waals surface area contributed by atoms with E-state index in [2.05, 4.69) is 10.4 Å². The molecule has 0 atom stereocenters. The number of nitrogens with zero attached hydrogens (tertiary/aromatic N) is 2. The van der Waals surface area contributed by atoms with Gasteiger partial charge in [-0.3, -0.25) is 9.48 Å². The molecule has 0 fully saturated rings. The summed E-state index contributed by atoms with van der Waals surface area (Å²) in [6.45, 7) is 2.92. The quantitative estimate of drug-likeness (QED) is 0.595. The van der Waals surface area contributed by atoms with E-state index in [4.69, 9.17) is 4.74 Å². The third-order valence-corrected chi connectivity index (χ3v) is 3.17. The predicted octanol–water partition coefficient (Wildman–Crippen LogP) is 2.01. The van der Waals surface area contributed by atoms with E-state index < -0.39 is 5.97 Å². The van der Waals surface area contributed by atoms with Crippen molar-refractivity contribution in [1.82, 2.24) is 15.1 Å². The predicted molar refractivity (Wildman–Crippen MR) is 91.1 cm³/mol. The topological polar surface area (TPSA) is 73.2 Å². The molecule has 0 unspecified atom stereocenters. The molecular formula is C18H21N3O3. The first kappa shape index (κ1) is 17.5. The van der Waals surface area contributed by atoms with Crippen LogP contribution >= 0.6 is 0 Å². The molecule has 0 saturated carbocycles. The number of aromatic nitrogens is 2. The van der Waals surface area contributed by atoms with Crippen LogP contribution in [0, 0.1) is 0 Å². The summed E-state index contributed by atoms with van der Waals surface area (Å²) in [6.07, 6.45) is 7.25. The zero-order chi connectivity index (χ0) is 17.2. The van der Waals surface area contributed by atoms with Gasteiger partial charge < -0.3 is 10.1 Å². The molecule has 126 valence electrons. The van der Waals surface area contributed by atoms with Crippen LogP contribution in [-0.4, -0.2) is 34.8 Å². The van der Waals surface area contributed by atoms with E-state index in [-0.39, 0.29) is 12.5 Å². The second kappa shape index (κ2) is 9.29. The van der Waals surface area contributed by atoms with E-state index in [1.54, 1.807) is 17.0 Å². The molecule has 0 spiro atoms. The van der Waals surface area contributed by atoms with Gasteiger partial charge in [-0.1, -0.05) is 37.3 Å². The molecule has 0 aliphatic heterocycles. The highest BCUT2D eigenvalue weighted by Gasteiger charge is 2.04. The summed E-state index contributed by atoms with van der Waals surface area (Å²) in [7, 11) is 0. The molecule has 0 bridgehead atoms. The molecular weight excluding hydrogens is 306 g/mol. The van der Waals surface area contributed by atoms with Crippen molar-refractivity contribution in [3.63, 3.8) is 0 Å². The van der Waals surface area contributed by atoms with Crippen molar-refractivity contribution in [2.45, 2.75) is 19.9 Å². The van der Waals surface area contributed by atoms with E-state index in [0.29, 0.717) is 13.1 Å². The van der Waals surface area contributed by atoms with Gasteiger partial charge in [0.2, 0.25) is 0 Å². The molecule has 24 heavy (non-hydrogen) atoms. The summed E-state index contributed by atoms with van der Waals surface area (Å²) < 4.78 is 6.65. The van der Waals surface area contributed by atoms with Crippen molar-refractivity contribution in [2.75, 3.05) is 13.2 Å². The van der Waals surface area contributed by atoms with Crippen LogP contribution in [-0.2, 0) is 20.9 Å². The summed E-state index contributed by atoms with van der Waals surface area (Å²) >= 11 is 0. The minimum Gasteiger partial charge on any atom is -0.452 e. The normalized spacial score (nSPS) is 10.7. The van der Waals surface area contributed by atoms with Gasteiger partial charge in [0.15, 0.2) is 6.61 Å². The molecule has 2 aromatic rings. The molecule has 1 amide bonds. The first-order valence-corrected chi connectivity index (χ1v) is 7.85. The van der Waals surface area contributed by atoms with Gasteiger partial charge in [-0.05, 0) is 18.1 Å². The standard InChI is InChI=1S/C18H21N3O3/c1-2-10-19-17(22)14-24-18(23)9-8-16-11-20-21(13-16)12-15-6-4-3-5-7-15/h3-9,11,13H,2,10,12,14H2,1H3,(H,19,22)/b9-8+. The summed E-state index contributed by atoms with van der Waals surface area (Å²) in [5.41, 5.74) is 1.94. The Kier molecular flexibility index (Phi) is 6.76. The number of esters is 1. The Morgan fingerprint density at radius 3 is 2.83 bits per heavy atom. The van der Waals surface area contributed by atoms with Crippen molar-refractivity contribution in [1.29, 1.82) is 0 Å². The zero-order valence-electron chi connectivity index (χ0n) is 13.6. The summed E-state index contributed by atoms with van der Waals surface area (Å²) in [6, 6.07) is 9.98. The lowest BCUT2D eigenvalue weighted by Crippen LogP contribution is -2.28.